The van der Waals surface area contributed by atoms with E-state index < -0.39 is 5.82 Å². The zero-order valence-electron chi connectivity index (χ0n) is 8.68. The molecule has 0 saturated heterocycles. The van der Waals surface area contributed by atoms with Gasteiger partial charge in [0.25, 0.3) is 0 Å². The number of benzene rings is 2. The second kappa shape index (κ2) is 4.82. The standard InChI is InChI=1S/C12H9Cl2FN2/c13-9-6-8(2-3-11(9)15)17-12-4-1-7(16)5-10(12)14/h1-6,17H,16H2. The van der Waals surface area contributed by atoms with Crippen LogP contribution in [0.4, 0.5) is 21.5 Å². The molecule has 2 aromatic carbocycles. The van der Waals surface area contributed by atoms with Gasteiger partial charge in [-0.2, -0.15) is 0 Å². The number of nitrogen functional groups attached to an aromatic ring is 1. The molecule has 0 amide bonds. The summed E-state index contributed by atoms with van der Waals surface area (Å²) in [7, 11) is 0. The van der Waals surface area contributed by atoms with Gasteiger partial charge >= 0.3 is 0 Å². The van der Waals surface area contributed by atoms with Gasteiger partial charge in [-0.05, 0) is 36.4 Å². The Labute approximate surface area is 108 Å². The Kier molecular flexibility index (Phi) is 3.41. The fourth-order valence-electron chi connectivity index (χ4n) is 1.36. The highest BCUT2D eigenvalue weighted by atomic mass is 35.5. The number of rotatable bonds is 2. The Morgan fingerprint density at radius 1 is 1.00 bits per heavy atom. The van der Waals surface area contributed by atoms with Crippen molar-refractivity contribution >= 4 is 40.3 Å². The minimum Gasteiger partial charge on any atom is -0.399 e. The van der Waals surface area contributed by atoms with E-state index in [1.165, 1.54) is 12.1 Å². The molecule has 3 N–H and O–H groups in total. The molecule has 0 aromatic heterocycles. The molecule has 0 aliphatic heterocycles. The first kappa shape index (κ1) is 12.0. The molecule has 0 bridgehead atoms. The summed E-state index contributed by atoms with van der Waals surface area (Å²) >= 11 is 11.7. The van der Waals surface area contributed by atoms with Gasteiger partial charge in [0.2, 0.25) is 0 Å². The van der Waals surface area contributed by atoms with Crippen LogP contribution >= 0.6 is 23.2 Å². The molecule has 0 fully saturated rings. The van der Waals surface area contributed by atoms with Crippen molar-refractivity contribution in [3.8, 4) is 0 Å². The van der Waals surface area contributed by atoms with Crippen molar-refractivity contribution in [2.24, 2.45) is 0 Å². The van der Waals surface area contributed by atoms with Gasteiger partial charge in [-0.15, -0.1) is 0 Å². The zero-order chi connectivity index (χ0) is 12.4. The Balaban J connectivity index is 2.28. The maximum absolute atomic E-state index is 13.0. The van der Waals surface area contributed by atoms with Gasteiger partial charge in [-0.3, -0.25) is 0 Å². The van der Waals surface area contributed by atoms with Crippen molar-refractivity contribution < 1.29 is 4.39 Å². The van der Waals surface area contributed by atoms with Crippen LogP contribution in [0, 0.1) is 5.82 Å². The maximum Gasteiger partial charge on any atom is 0.141 e. The first-order chi connectivity index (χ1) is 8.06. The van der Waals surface area contributed by atoms with Gasteiger partial charge in [-0.1, -0.05) is 23.2 Å². The Morgan fingerprint density at radius 2 is 1.76 bits per heavy atom. The molecule has 2 nitrogen and oxygen atoms in total. The molecule has 0 saturated carbocycles. The number of anilines is 3. The molecule has 0 aliphatic carbocycles. The molecule has 0 spiro atoms. The van der Waals surface area contributed by atoms with Crippen LogP contribution in [-0.2, 0) is 0 Å². The number of hydrogen-bond acceptors (Lipinski definition) is 2. The van der Waals surface area contributed by atoms with Gasteiger partial charge in [0.15, 0.2) is 0 Å². The van der Waals surface area contributed by atoms with Gasteiger partial charge in [0.05, 0.1) is 15.7 Å². The van der Waals surface area contributed by atoms with Gasteiger partial charge < -0.3 is 11.1 Å². The highest BCUT2D eigenvalue weighted by molar-refractivity contribution is 6.33. The maximum atomic E-state index is 13.0. The fraction of sp³-hybridized carbons (Fsp3) is 0. The molecule has 2 rings (SSSR count). The lowest BCUT2D eigenvalue weighted by molar-refractivity contribution is 0.628. The third-order valence-electron chi connectivity index (χ3n) is 2.19. The smallest absolute Gasteiger partial charge is 0.141 e. The SMILES string of the molecule is Nc1ccc(Nc2ccc(F)c(Cl)c2)c(Cl)c1. The average Bonchev–Trinajstić information content (AvgIpc) is 2.27. The first-order valence-corrected chi connectivity index (χ1v) is 5.59. The van der Waals surface area contributed by atoms with E-state index in [0.717, 1.165) is 0 Å². The fourth-order valence-corrected chi connectivity index (χ4v) is 1.78. The van der Waals surface area contributed by atoms with Crippen molar-refractivity contribution in [2.45, 2.75) is 0 Å². The zero-order valence-corrected chi connectivity index (χ0v) is 10.2. The molecular formula is C12H9Cl2FN2. The van der Waals surface area contributed by atoms with Crippen LogP contribution in [0.3, 0.4) is 0 Å². The van der Waals surface area contributed by atoms with Crippen molar-refractivity contribution in [2.75, 3.05) is 11.1 Å². The molecule has 5 heteroatoms. The Bertz CT molecular complexity index is 558. The summed E-state index contributed by atoms with van der Waals surface area (Å²) in [5.74, 6) is -0.458. The lowest BCUT2D eigenvalue weighted by Crippen LogP contribution is -1.93. The minimum atomic E-state index is -0.458. The van der Waals surface area contributed by atoms with Gasteiger partial charge in [0, 0.05) is 11.4 Å². The lowest BCUT2D eigenvalue weighted by Gasteiger charge is -2.09. The van der Waals surface area contributed by atoms with E-state index in [1.807, 2.05) is 0 Å². The van der Waals surface area contributed by atoms with Gasteiger partial charge in [0.1, 0.15) is 5.82 Å². The summed E-state index contributed by atoms with van der Waals surface area (Å²) in [6.07, 6.45) is 0. The van der Waals surface area contributed by atoms with Crippen molar-refractivity contribution in [1.29, 1.82) is 0 Å². The quantitative estimate of drug-likeness (QED) is 0.791. The van der Waals surface area contributed by atoms with Crippen LogP contribution in [0.2, 0.25) is 10.0 Å². The molecule has 0 heterocycles. The average molecular weight is 271 g/mol. The van der Waals surface area contributed by atoms with Crippen LogP contribution in [-0.4, -0.2) is 0 Å². The predicted octanol–water partition coefficient (Wildman–Crippen LogP) is 4.46. The molecule has 17 heavy (non-hydrogen) atoms. The summed E-state index contributed by atoms with van der Waals surface area (Å²) in [6, 6.07) is 9.45. The summed E-state index contributed by atoms with van der Waals surface area (Å²) < 4.78 is 13.0. The van der Waals surface area contributed by atoms with E-state index in [1.54, 1.807) is 24.3 Å². The highest BCUT2D eigenvalue weighted by Gasteiger charge is 2.04. The summed E-state index contributed by atoms with van der Waals surface area (Å²) in [5.41, 5.74) is 7.50. The van der Waals surface area contributed by atoms with Gasteiger partial charge in [-0.25, -0.2) is 4.39 Å². The molecular weight excluding hydrogens is 262 g/mol. The van der Waals surface area contributed by atoms with Crippen molar-refractivity contribution in [1.82, 2.24) is 0 Å². The number of halogens is 3. The largest absolute Gasteiger partial charge is 0.399 e. The van der Waals surface area contributed by atoms with E-state index >= 15 is 0 Å². The monoisotopic (exact) mass is 270 g/mol. The first-order valence-electron chi connectivity index (χ1n) is 4.83. The van der Waals surface area contributed by atoms with Crippen LogP contribution < -0.4 is 11.1 Å². The summed E-state index contributed by atoms with van der Waals surface area (Å²) in [6.45, 7) is 0. The van der Waals surface area contributed by atoms with Crippen LogP contribution in [0.5, 0.6) is 0 Å². The molecule has 0 atom stereocenters. The molecule has 2 aromatic rings. The second-order valence-electron chi connectivity index (χ2n) is 3.49. The van der Waals surface area contributed by atoms with E-state index in [4.69, 9.17) is 28.9 Å². The highest BCUT2D eigenvalue weighted by Crippen LogP contribution is 2.28. The Morgan fingerprint density at radius 3 is 2.41 bits per heavy atom. The molecule has 0 radical (unpaired) electrons. The third-order valence-corrected chi connectivity index (χ3v) is 2.79. The van der Waals surface area contributed by atoms with Crippen LogP contribution in [0.1, 0.15) is 0 Å². The van der Waals surface area contributed by atoms with E-state index in [-0.39, 0.29) is 5.02 Å². The van der Waals surface area contributed by atoms with Crippen LogP contribution in [0.15, 0.2) is 36.4 Å². The number of hydrogen-bond donors (Lipinski definition) is 2. The number of nitrogens with two attached hydrogens (primary N) is 1. The van der Waals surface area contributed by atoms with E-state index in [2.05, 4.69) is 5.32 Å². The topological polar surface area (TPSA) is 38.0 Å². The molecule has 88 valence electrons. The normalized spacial score (nSPS) is 10.3. The third kappa shape index (κ3) is 2.81. The minimum absolute atomic E-state index is 0.0570. The summed E-state index contributed by atoms with van der Waals surface area (Å²) in [5, 5.41) is 3.58. The predicted molar refractivity (Wildman–Crippen MR) is 70.6 cm³/mol. The second-order valence-corrected chi connectivity index (χ2v) is 4.31. The number of nitrogens with one attached hydrogen (secondary N) is 1. The molecule has 0 aliphatic rings. The molecule has 0 unspecified atom stereocenters. The van der Waals surface area contributed by atoms with Crippen LogP contribution in [0.25, 0.3) is 0 Å². The van der Waals surface area contributed by atoms with E-state index in [9.17, 15) is 4.39 Å². The van der Waals surface area contributed by atoms with E-state index in [0.29, 0.717) is 22.1 Å². The Hall–Kier alpha value is -1.45. The summed E-state index contributed by atoms with van der Waals surface area (Å²) in [4.78, 5) is 0. The van der Waals surface area contributed by atoms with Crippen molar-refractivity contribution in [3.63, 3.8) is 0 Å². The lowest BCUT2D eigenvalue weighted by atomic mass is 10.2. The van der Waals surface area contributed by atoms with Crippen molar-refractivity contribution in [3.05, 3.63) is 52.3 Å².